The van der Waals surface area contributed by atoms with E-state index < -0.39 is 10.0 Å². The lowest BCUT2D eigenvalue weighted by Gasteiger charge is -2.11. The van der Waals surface area contributed by atoms with Gasteiger partial charge in [0.1, 0.15) is 0 Å². The number of benzene rings is 1. The molecule has 0 radical (unpaired) electrons. The van der Waals surface area contributed by atoms with Crippen molar-refractivity contribution >= 4 is 33.2 Å². The van der Waals surface area contributed by atoms with E-state index in [2.05, 4.69) is 5.32 Å². The van der Waals surface area contributed by atoms with Crippen LogP contribution in [0.3, 0.4) is 0 Å². The predicted molar refractivity (Wildman–Crippen MR) is 66.5 cm³/mol. The van der Waals surface area contributed by atoms with E-state index in [1.807, 2.05) is 0 Å². The summed E-state index contributed by atoms with van der Waals surface area (Å²) in [7, 11) is -3.80. The van der Waals surface area contributed by atoms with Crippen LogP contribution in [0.1, 0.15) is 18.9 Å². The Morgan fingerprint density at radius 2 is 2.06 bits per heavy atom. The summed E-state index contributed by atoms with van der Waals surface area (Å²) in [5.41, 5.74) is 0.953. The SMILES string of the molecule is CCC(=O)Nc1c(C)cc(S(N)(=O)=O)cc1Cl. The molecule has 0 aliphatic carbocycles. The maximum atomic E-state index is 11.3. The molecule has 7 heteroatoms. The number of anilines is 1. The molecule has 0 fully saturated rings. The lowest BCUT2D eigenvalue weighted by Crippen LogP contribution is -2.14. The van der Waals surface area contributed by atoms with Gasteiger partial charge in [0.2, 0.25) is 15.9 Å². The third-order valence-electron chi connectivity index (χ3n) is 2.17. The molecule has 0 saturated heterocycles. The highest BCUT2D eigenvalue weighted by molar-refractivity contribution is 7.89. The fourth-order valence-corrected chi connectivity index (χ4v) is 2.26. The van der Waals surface area contributed by atoms with Crippen LogP contribution in [0.15, 0.2) is 17.0 Å². The molecule has 0 aromatic heterocycles. The van der Waals surface area contributed by atoms with E-state index in [-0.39, 0.29) is 15.8 Å². The number of hydrogen-bond acceptors (Lipinski definition) is 3. The lowest BCUT2D eigenvalue weighted by atomic mass is 10.2. The first kappa shape index (κ1) is 14.0. The van der Waals surface area contributed by atoms with Crippen molar-refractivity contribution in [2.24, 2.45) is 5.14 Å². The number of primary sulfonamides is 1. The highest BCUT2D eigenvalue weighted by Crippen LogP contribution is 2.29. The number of amides is 1. The summed E-state index contributed by atoms with van der Waals surface area (Å²) in [5.74, 6) is -0.196. The van der Waals surface area contributed by atoms with Crippen molar-refractivity contribution in [3.8, 4) is 0 Å². The molecule has 3 N–H and O–H groups in total. The average molecular weight is 277 g/mol. The van der Waals surface area contributed by atoms with Gasteiger partial charge in [-0.15, -0.1) is 0 Å². The molecule has 0 aliphatic heterocycles. The van der Waals surface area contributed by atoms with Crippen LogP contribution in [0, 0.1) is 6.92 Å². The standard InChI is InChI=1S/C10H13ClN2O3S/c1-3-9(14)13-10-6(2)4-7(5-8(10)11)17(12,15)16/h4-5H,3H2,1-2H3,(H,13,14)(H2,12,15,16). The van der Waals surface area contributed by atoms with Gasteiger partial charge in [0.25, 0.3) is 0 Å². The molecule has 0 unspecified atom stereocenters. The summed E-state index contributed by atoms with van der Waals surface area (Å²) in [5, 5.41) is 7.75. The molecule has 0 bridgehead atoms. The summed E-state index contributed by atoms with van der Waals surface area (Å²) in [4.78, 5) is 11.2. The van der Waals surface area contributed by atoms with Crippen LogP contribution in [-0.2, 0) is 14.8 Å². The molecule has 17 heavy (non-hydrogen) atoms. The Bertz CT molecular complexity index is 532. The van der Waals surface area contributed by atoms with E-state index in [1.165, 1.54) is 12.1 Å². The minimum atomic E-state index is -3.80. The third kappa shape index (κ3) is 3.42. The Labute approximate surface area is 105 Å². The topological polar surface area (TPSA) is 89.3 Å². The fourth-order valence-electron chi connectivity index (χ4n) is 1.26. The van der Waals surface area contributed by atoms with Crippen LogP contribution >= 0.6 is 11.6 Å². The number of halogens is 1. The van der Waals surface area contributed by atoms with Crippen LogP contribution in [-0.4, -0.2) is 14.3 Å². The van der Waals surface area contributed by atoms with Crippen LogP contribution < -0.4 is 10.5 Å². The van der Waals surface area contributed by atoms with Gasteiger partial charge in [-0.25, -0.2) is 13.6 Å². The van der Waals surface area contributed by atoms with E-state index in [4.69, 9.17) is 16.7 Å². The molecule has 0 spiro atoms. The normalized spacial score (nSPS) is 11.3. The van der Waals surface area contributed by atoms with Crippen molar-refractivity contribution in [2.45, 2.75) is 25.2 Å². The number of carbonyl (C=O) groups excluding carboxylic acids is 1. The summed E-state index contributed by atoms with van der Waals surface area (Å²) in [6, 6.07) is 2.58. The van der Waals surface area contributed by atoms with Gasteiger partial charge in [-0.1, -0.05) is 18.5 Å². The van der Waals surface area contributed by atoms with E-state index in [9.17, 15) is 13.2 Å². The summed E-state index contributed by atoms with van der Waals surface area (Å²) < 4.78 is 22.3. The molecule has 1 aromatic carbocycles. The number of nitrogens with two attached hydrogens (primary N) is 1. The largest absolute Gasteiger partial charge is 0.325 e. The zero-order chi connectivity index (χ0) is 13.2. The van der Waals surface area contributed by atoms with Gasteiger partial charge in [0.15, 0.2) is 0 Å². The highest BCUT2D eigenvalue weighted by Gasteiger charge is 2.14. The van der Waals surface area contributed by atoms with Gasteiger partial charge in [0.05, 0.1) is 15.6 Å². The fraction of sp³-hybridized carbons (Fsp3) is 0.300. The van der Waals surface area contributed by atoms with Gasteiger partial charge < -0.3 is 5.32 Å². The Morgan fingerprint density at radius 3 is 2.47 bits per heavy atom. The summed E-state index contributed by atoms with van der Waals surface area (Å²) >= 11 is 5.91. The highest BCUT2D eigenvalue weighted by atomic mass is 35.5. The second-order valence-electron chi connectivity index (χ2n) is 3.54. The first-order valence-electron chi connectivity index (χ1n) is 4.88. The van der Waals surface area contributed by atoms with Gasteiger partial charge in [-0.05, 0) is 24.6 Å². The van der Waals surface area contributed by atoms with E-state index >= 15 is 0 Å². The monoisotopic (exact) mass is 276 g/mol. The van der Waals surface area contributed by atoms with Crippen LogP contribution in [0.5, 0.6) is 0 Å². The summed E-state index contributed by atoms with van der Waals surface area (Å²) in [6.07, 6.45) is 0.312. The van der Waals surface area contributed by atoms with Gasteiger partial charge in [-0.3, -0.25) is 4.79 Å². The molecule has 1 rings (SSSR count). The van der Waals surface area contributed by atoms with Crippen molar-refractivity contribution in [3.63, 3.8) is 0 Å². The minimum Gasteiger partial charge on any atom is -0.325 e. The van der Waals surface area contributed by atoms with Crippen LogP contribution in [0.4, 0.5) is 5.69 Å². The van der Waals surface area contributed by atoms with Crippen molar-refractivity contribution in [3.05, 3.63) is 22.7 Å². The van der Waals surface area contributed by atoms with Crippen LogP contribution in [0.25, 0.3) is 0 Å². The number of sulfonamides is 1. The molecule has 0 heterocycles. The van der Waals surface area contributed by atoms with E-state index in [1.54, 1.807) is 13.8 Å². The number of hydrogen-bond donors (Lipinski definition) is 2. The maximum Gasteiger partial charge on any atom is 0.238 e. The van der Waals surface area contributed by atoms with Gasteiger partial charge >= 0.3 is 0 Å². The average Bonchev–Trinajstić information content (AvgIpc) is 2.21. The third-order valence-corrected chi connectivity index (χ3v) is 3.37. The van der Waals surface area contributed by atoms with Gasteiger partial charge in [-0.2, -0.15) is 0 Å². The van der Waals surface area contributed by atoms with Crippen molar-refractivity contribution in [1.82, 2.24) is 0 Å². The summed E-state index contributed by atoms with van der Waals surface area (Å²) in [6.45, 7) is 3.35. The Kier molecular flexibility index (Phi) is 4.13. The number of aryl methyl sites for hydroxylation is 1. The molecular weight excluding hydrogens is 264 g/mol. The molecule has 1 aromatic rings. The zero-order valence-electron chi connectivity index (χ0n) is 9.45. The molecule has 94 valence electrons. The Morgan fingerprint density at radius 1 is 1.47 bits per heavy atom. The first-order chi connectivity index (χ1) is 7.75. The quantitative estimate of drug-likeness (QED) is 0.879. The second-order valence-corrected chi connectivity index (χ2v) is 5.51. The number of rotatable bonds is 3. The van der Waals surface area contributed by atoms with Crippen molar-refractivity contribution < 1.29 is 13.2 Å². The zero-order valence-corrected chi connectivity index (χ0v) is 11.0. The molecule has 1 amide bonds. The predicted octanol–water partition coefficient (Wildman–Crippen LogP) is 1.64. The molecule has 0 saturated carbocycles. The first-order valence-corrected chi connectivity index (χ1v) is 6.81. The lowest BCUT2D eigenvalue weighted by molar-refractivity contribution is -0.115. The van der Waals surface area contributed by atoms with Crippen molar-refractivity contribution in [1.29, 1.82) is 0 Å². The molecule has 5 nitrogen and oxygen atoms in total. The Balaban J connectivity index is 3.25. The molecule has 0 aliphatic rings. The van der Waals surface area contributed by atoms with E-state index in [0.29, 0.717) is 17.7 Å². The van der Waals surface area contributed by atoms with Crippen LogP contribution in [0.2, 0.25) is 5.02 Å². The molecule has 0 atom stereocenters. The smallest absolute Gasteiger partial charge is 0.238 e. The minimum absolute atomic E-state index is 0.0745. The number of nitrogens with one attached hydrogen (secondary N) is 1. The molecular formula is C10H13ClN2O3S. The van der Waals surface area contributed by atoms with Gasteiger partial charge in [0, 0.05) is 6.42 Å². The second kappa shape index (κ2) is 5.03. The van der Waals surface area contributed by atoms with E-state index in [0.717, 1.165) is 0 Å². The maximum absolute atomic E-state index is 11.3. The van der Waals surface area contributed by atoms with Crippen molar-refractivity contribution in [2.75, 3.05) is 5.32 Å². The Hall–Kier alpha value is -1.11. The number of carbonyl (C=O) groups is 1.